The number of rotatable bonds is 3. The molecule has 3 rings (SSSR count). The van der Waals surface area contributed by atoms with Crippen LogP contribution in [0.4, 0.5) is 17.6 Å². The molecule has 3 heterocycles. The van der Waals surface area contributed by atoms with Crippen molar-refractivity contribution in [3.05, 3.63) is 29.3 Å². The van der Waals surface area contributed by atoms with E-state index >= 15 is 0 Å². The Labute approximate surface area is 150 Å². The highest BCUT2D eigenvalue weighted by atomic mass is 19.4. The number of carbonyl (C=O) groups is 1. The molecule has 2 fully saturated rings. The van der Waals surface area contributed by atoms with Crippen LogP contribution in [0, 0.1) is 17.7 Å². The summed E-state index contributed by atoms with van der Waals surface area (Å²) in [6, 6.07) is 1.41. The van der Waals surface area contributed by atoms with Gasteiger partial charge in [0, 0.05) is 38.4 Å². The van der Waals surface area contributed by atoms with E-state index in [1.54, 1.807) is 0 Å². The van der Waals surface area contributed by atoms with Crippen molar-refractivity contribution in [2.45, 2.75) is 38.9 Å². The van der Waals surface area contributed by atoms with Crippen molar-refractivity contribution in [1.29, 1.82) is 0 Å². The summed E-state index contributed by atoms with van der Waals surface area (Å²) in [6.07, 6.45) is -2.57. The smallest absolute Gasteiger partial charge is 0.338 e. The predicted octanol–water partition coefficient (Wildman–Crippen LogP) is 3.43. The fourth-order valence-corrected chi connectivity index (χ4v) is 3.68. The maximum atomic E-state index is 14.1. The van der Waals surface area contributed by atoms with Crippen LogP contribution in [-0.4, -0.2) is 52.9 Å². The molecule has 4 nitrogen and oxygen atoms in total. The van der Waals surface area contributed by atoms with Gasteiger partial charge in [0.1, 0.15) is 0 Å². The van der Waals surface area contributed by atoms with Gasteiger partial charge in [-0.2, -0.15) is 13.2 Å². The Morgan fingerprint density at radius 2 is 1.85 bits per heavy atom. The molecule has 2 saturated heterocycles. The Morgan fingerprint density at radius 3 is 2.38 bits per heavy atom. The second-order valence-electron chi connectivity index (χ2n) is 7.50. The van der Waals surface area contributed by atoms with Gasteiger partial charge in [0.15, 0.2) is 11.5 Å². The standard InChI is InChI=1S/C18H23F4N3O/c1-11(2)12-9-25(10-12)13-4-7-24(8-5-13)17(26)14-3-6-23-16(15(14)19)18(20,21)22/h3,6,11-13H,4-5,7-10H2,1-2H3. The van der Waals surface area contributed by atoms with Gasteiger partial charge < -0.3 is 4.90 Å². The highest BCUT2D eigenvalue weighted by Crippen LogP contribution is 2.32. The van der Waals surface area contributed by atoms with Crippen molar-refractivity contribution in [1.82, 2.24) is 14.8 Å². The second kappa shape index (κ2) is 7.13. The Morgan fingerprint density at radius 1 is 1.23 bits per heavy atom. The third-order valence-electron chi connectivity index (χ3n) is 5.54. The highest BCUT2D eigenvalue weighted by molar-refractivity contribution is 5.94. The molecule has 0 radical (unpaired) electrons. The highest BCUT2D eigenvalue weighted by Gasteiger charge is 2.39. The zero-order valence-electron chi connectivity index (χ0n) is 14.9. The van der Waals surface area contributed by atoms with Crippen LogP contribution >= 0.6 is 0 Å². The van der Waals surface area contributed by atoms with E-state index in [4.69, 9.17) is 0 Å². The Balaban J connectivity index is 1.61. The first-order valence-electron chi connectivity index (χ1n) is 8.93. The number of hydrogen-bond donors (Lipinski definition) is 0. The number of pyridine rings is 1. The van der Waals surface area contributed by atoms with Crippen LogP contribution in [0.3, 0.4) is 0 Å². The molecule has 0 aliphatic carbocycles. The molecule has 0 N–H and O–H groups in total. The van der Waals surface area contributed by atoms with Crippen LogP contribution in [-0.2, 0) is 6.18 Å². The van der Waals surface area contributed by atoms with Gasteiger partial charge in [0.25, 0.3) is 5.91 Å². The molecule has 144 valence electrons. The molecule has 0 spiro atoms. The predicted molar refractivity (Wildman–Crippen MR) is 88.0 cm³/mol. The van der Waals surface area contributed by atoms with Gasteiger partial charge >= 0.3 is 6.18 Å². The van der Waals surface area contributed by atoms with Crippen LogP contribution in [0.1, 0.15) is 42.7 Å². The van der Waals surface area contributed by atoms with Crippen molar-refractivity contribution in [2.24, 2.45) is 11.8 Å². The van der Waals surface area contributed by atoms with E-state index in [0.29, 0.717) is 31.0 Å². The molecule has 1 aromatic rings. The molecule has 8 heteroatoms. The maximum absolute atomic E-state index is 14.1. The van der Waals surface area contributed by atoms with Crippen LogP contribution in [0.25, 0.3) is 0 Å². The van der Waals surface area contributed by atoms with E-state index in [-0.39, 0.29) is 0 Å². The minimum atomic E-state index is -4.92. The molecule has 0 aromatic carbocycles. The van der Waals surface area contributed by atoms with Crippen molar-refractivity contribution < 1.29 is 22.4 Å². The van der Waals surface area contributed by atoms with Gasteiger partial charge in [-0.1, -0.05) is 13.8 Å². The number of aromatic nitrogens is 1. The molecule has 1 aromatic heterocycles. The van der Waals surface area contributed by atoms with E-state index in [2.05, 4.69) is 23.7 Å². The average Bonchev–Trinajstić information content (AvgIpc) is 2.52. The molecule has 2 aliphatic heterocycles. The van der Waals surface area contributed by atoms with Crippen LogP contribution < -0.4 is 0 Å². The minimum absolute atomic E-state index is 0.391. The van der Waals surface area contributed by atoms with E-state index in [9.17, 15) is 22.4 Å². The molecular formula is C18H23F4N3O. The van der Waals surface area contributed by atoms with Gasteiger partial charge in [0.05, 0.1) is 5.56 Å². The van der Waals surface area contributed by atoms with Crippen LogP contribution in [0.2, 0.25) is 0 Å². The molecule has 0 bridgehead atoms. The molecule has 0 saturated carbocycles. The quantitative estimate of drug-likeness (QED) is 0.762. The van der Waals surface area contributed by atoms with Crippen molar-refractivity contribution in [3.8, 4) is 0 Å². The summed E-state index contributed by atoms with van der Waals surface area (Å²) in [6.45, 7) is 7.39. The third kappa shape index (κ3) is 3.70. The zero-order chi connectivity index (χ0) is 19.1. The summed E-state index contributed by atoms with van der Waals surface area (Å²) in [5.74, 6) is -0.918. The van der Waals surface area contributed by atoms with Crippen molar-refractivity contribution >= 4 is 5.91 Å². The maximum Gasteiger partial charge on any atom is 0.436 e. The summed E-state index contributed by atoms with van der Waals surface area (Å²) in [4.78, 5) is 19.4. The summed E-state index contributed by atoms with van der Waals surface area (Å²) in [5, 5.41) is 0. The third-order valence-corrected chi connectivity index (χ3v) is 5.54. The van der Waals surface area contributed by atoms with E-state index in [1.807, 2.05) is 0 Å². The van der Waals surface area contributed by atoms with Gasteiger partial charge in [0.2, 0.25) is 0 Å². The fraction of sp³-hybridized carbons (Fsp3) is 0.667. The molecule has 26 heavy (non-hydrogen) atoms. The molecule has 1 amide bonds. The van der Waals surface area contributed by atoms with Crippen LogP contribution in [0.5, 0.6) is 0 Å². The lowest BCUT2D eigenvalue weighted by atomic mass is 9.85. The topological polar surface area (TPSA) is 36.4 Å². The van der Waals surface area contributed by atoms with Crippen LogP contribution in [0.15, 0.2) is 12.3 Å². The van der Waals surface area contributed by atoms with E-state index in [0.717, 1.165) is 38.2 Å². The normalized spacial score (nSPS) is 20.5. The van der Waals surface area contributed by atoms with Crippen molar-refractivity contribution in [3.63, 3.8) is 0 Å². The lowest BCUT2D eigenvalue weighted by Crippen LogP contribution is -2.56. The molecule has 2 aliphatic rings. The molecular weight excluding hydrogens is 350 g/mol. The number of alkyl halides is 3. The fourth-order valence-electron chi connectivity index (χ4n) is 3.68. The average molecular weight is 373 g/mol. The summed E-state index contributed by atoms with van der Waals surface area (Å²) < 4.78 is 52.4. The first kappa shape index (κ1) is 19.1. The first-order valence-corrected chi connectivity index (χ1v) is 8.93. The summed E-state index contributed by atoms with van der Waals surface area (Å²) in [7, 11) is 0. The number of halogens is 4. The SMILES string of the molecule is CC(C)C1CN(C2CCN(C(=O)c3ccnc(C(F)(F)F)c3F)CC2)C1. The number of amides is 1. The Bertz CT molecular complexity index is 663. The van der Waals surface area contributed by atoms with Crippen molar-refractivity contribution in [2.75, 3.05) is 26.2 Å². The lowest BCUT2D eigenvalue weighted by Gasteiger charge is -2.48. The number of piperidine rings is 1. The summed E-state index contributed by atoms with van der Waals surface area (Å²) >= 11 is 0. The minimum Gasteiger partial charge on any atom is -0.338 e. The lowest BCUT2D eigenvalue weighted by molar-refractivity contribution is -0.143. The Hall–Kier alpha value is -1.70. The van der Waals surface area contributed by atoms with E-state index in [1.165, 1.54) is 4.90 Å². The largest absolute Gasteiger partial charge is 0.436 e. The molecule has 0 atom stereocenters. The van der Waals surface area contributed by atoms with Gasteiger partial charge in [-0.25, -0.2) is 9.37 Å². The number of carbonyl (C=O) groups excluding carboxylic acids is 1. The van der Waals surface area contributed by atoms with Gasteiger partial charge in [-0.15, -0.1) is 0 Å². The van der Waals surface area contributed by atoms with Gasteiger partial charge in [-0.3, -0.25) is 9.69 Å². The number of likely N-dealkylation sites (tertiary alicyclic amines) is 2. The Kier molecular flexibility index (Phi) is 5.23. The second-order valence-corrected chi connectivity index (χ2v) is 7.50. The number of hydrogen-bond acceptors (Lipinski definition) is 3. The number of nitrogens with zero attached hydrogens (tertiary/aromatic N) is 3. The van der Waals surface area contributed by atoms with Gasteiger partial charge in [-0.05, 0) is 30.7 Å². The monoisotopic (exact) mass is 373 g/mol. The zero-order valence-corrected chi connectivity index (χ0v) is 14.9. The summed E-state index contributed by atoms with van der Waals surface area (Å²) in [5.41, 5.74) is -2.20. The molecule has 0 unspecified atom stereocenters. The van der Waals surface area contributed by atoms with E-state index < -0.39 is 29.2 Å². The first-order chi connectivity index (χ1) is 12.2.